The quantitative estimate of drug-likeness (QED) is 0.740. The highest BCUT2D eigenvalue weighted by molar-refractivity contribution is 7.12. The molecule has 2 aromatic heterocycles. The molecule has 0 spiro atoms. The Hall–Kier alpha value is -2.44. The first-order chi connectivity index (χ1) is 12.1. The third-order valence-electron chi connectivity index (χ3n) is 4.38. The minimum atomic E-state index is -0.0304. The average molecular weight is 354 g/mol. The third-order valence-corrected chi connectivity index (χ3v) is 5.30. The van der Waals surface area contributed by atoms with Crippen molar-refractivity contribution < 1.29 is 4.79 Å². The van der Waals surface area contributed by atoms with E-state index in [9.17, 15) is 4.79 Å². The van der Waals surface area contributed by atoms with Gasteiger partial charge in [-0.3, -0.25) is 9.48 Å². The van der Waals surface area contributed by atoms with Crippen molar-refractivity contribution in [1.82, 2.24) is 14.7 Å². The molecule has 25 heavy (non-hydrogen) atoms. The summed E-state index contributed by atoms with van der Waals surface area (Å²) in [7, 11) is 3.72. The maximum absolute atomic E-state index is 12.9. The molecule has 2 N–H and O–H groups in total. The fourth-order valence-corrected chi connectivity index (χ4v) is 3.73. The number of rotatable bonds is 6. The van der Waals surface area contributed by atoms with Gasteiger partial charge in [0.1, 0.15) is 0 Å². The van der Waals surface area contributed by atoms with Crippen molar-refractivity contribution in [2.75, 3.05) is 13.6 Å². The van der Waals surface area contributed by atoms with Crippen LogP contribution >= 0.6 is 11.3 Å². The molecule has 0 saturated heterocycles. The lowest BCUT2D eigenvalue weighted by molar-refractivity contribution is 0.0741. The zero-order valence-corrected chi connectivity index (χ0v) is 15.2. The molecule has 1 atom stereocenters. The van der Waals surface area contributed by atoms with Crippen molar-refractivity contribution in [3.63, 3.8) is 0 Å². The number of thiophene rings is 1. The van der Waals surface area contributed by atoms with Crippen molar-refractivity contribution in [1.29, 1.82) is 0 Å². The molecule has 1 aromatic carbocycles. The Bertz CT molecular complexity index is 840. The molecule has 6 heteroatoms. The van der Waals surface area contributed by atoms with E-state index in [1.165, 1.54) is 16.9 Å². The largest absolute Gasteiger partial charge is 0.336 e. The van der Waals surface area contributed by atoms with Crippen LogP contribution in [0.15, 0.2) is 54.0 Å². The molecule has 0 aliphatic rings. The maximum atomic E-state index is 12.9. The van der Waals surface area contributed by atoms with E-state index in [0.717, 1.165) is 17.7 Å². The van der Waals surface area contributed by atoms with Crippen LogP contribution in [0.3, 0.4) is 0 Å². The van der Waals surface area contributed by atoms with Gasteiger partial charge in [-0.2, -0.15) is 5.10 Å². The van der Waals surface area contributed by atoms with Crippen molar-refractivity contribution in [3.8, 4) is 11.3 Å². The summed E-state index contributed by atoms with van der Waals surface area (Å²) in [4.78, 5) is 15.3. The van der Waals surface area contributed by atoms with Crippen LogP contribution in [0.5, 0.6) is 0 Å². The fraction of sp³-hybridized carbons (Fsp3) is 0.263. The van der Waals surface area contributed by atoms with E-state index in [0.29, 0.717) is 11.4 Å². The van der Waals surface area contributed by atoms with Crippen LogP contribution in [0.4, 0.5) is 0 Å². The average Bonchev–Trinajstić information content (AvgIpc) is 3.28. The van der Waals surface area contributed by atoms with E-state index in [4.69, 9.17) is 5.73 Å². The second-order valence-electron chi connectivity index (χ2n) is 6.03. The van der Waals surface area contributed by atoms with E-state index in [1.54, 1.807) is 15.8 Å². The van der Waals surface area contributed by atoms with Gasteiger partial charge in [0.05, 0.1) is 10.6 Å². The molecular weight excluding hydrogens is 332 g/mol. The summed E-state index contributed by atoms with van der Waals surface area (Å²) in [5.41, 5.74) is 9.12. The standard InChI is InChI=1S/C19H22N4OS/c1-22(16(12-20)10-14-6-4-3-5-7-14)19(24)18-11-15(13-25-18)17-8-9-21-23(17)2/h3-9,11,13,16H,10,12,20H2,1-2H3. The van der Waals surface area contributed by atoms with Crippen LogP contribution in [-0.2, 0) is 13.5 Å². The van der Waals surface area contributed by atoms with Gasteiger partial charge in [0, 0.05) is 43.8 Å². The predicted octanol–water partition coefficient (Wildman–Crippen LogP) is 2.79. The summed E-state index contributed by atoms with van der Waals surface area (Å²) in [5.74, 6) is 0.00444. The van der Waals surface area contributed by atoms with Crippen LogP contribution in [-0.4, -0.2) is 40.2 Å². The van der Waals surface area contributed by atoms with Crippen molar-refractivity contribution >= 4 is 17.2 Å². The Labute approximate surface area is 151 Å². The first-order valence-electron chi connectivity index (χ1n) is 8.18. The van der Waals surface area contributed by atoms with Gasteiger partial charge >= 0.3 is 0 Å². The molecule has 1 amide bonds. The summed E-state index contributed by atoms with van der Waals surface area (Å²) in [6.45, 7) is 0.428. The highest BCUT2D eigenvalue weighted by Gasteiger charge is 2.22. The number of nitrogens with zero attached hydrogens (tertiary/aromatic N) is 3. The van der Waals surface area contributed by atoms with Crippen LogP contribution in [0, 0.1) is 0 Å². The lowest BCUT2D eigenvalue weighted by Gasteiger charge is -2.27. The molecule has 3 rings (SSSR count). The van der Waals surface area contributed by atoms with Gasteiger partial charge in [-0.1, -0.05) is 30.3 Å². The zero-order chi connectivity index (χ0) is 17.8. The highest BCUT2D eigenvalue weighted by atomic mass is 32.1. The fourth-order valence-electron chi connectivity index (χ4n) is 2.84. The van der Waals surface area contributed by atoms with E-state index in [1.807, 2.05) is 49.8 Å². The predicted molar refractivity (Wildman–Crippen MR) is 102 cm³/mol. The number of carbonyl (C=O) groups excluding carboxylic acids is 1. The second-order valence-corrected chi connectivity index (χ2v) is 6.95. The lowest BCUT2D eigenvalue weighted by Crippen LogP contribution is -2.43. The number of aromatic nitrogens is 2. The van der Waals surface area contributed by atoms with Crippen molar-refractivity contribution in [2.45, 2.75) is 12.5 Å². The normalized spacial score (nSPS) is 12.1. The smallest absolute Gasteiger partial charge is 0.263 e. The SMILES string of the molecule is CN(C(=O)c1cc(-c2ccnn2C)cs1)C(CN)Cc1ccccc1. The van der Waals surface area contributed by atoms with Crippen molar-refractivity contribution in [2.24, 2.45) is 12.8 Å². The summed E-state index contributed by atoms with van der Waals surface area (Å²) >= 11 is 1.45. The molecule has 130 valence electrons. The number of likely N-dealkylation sites (N-methyl/N-ethyl adjacent to an activating group) is 1. The zero-order valence-electron chi connectivity index (χ0n) is 14.4. The minimum absolute atomic E-state index is 0.00444. The number of amides is 1. The second kappa shape index (κ2) is 7.63. The monoisotopic (exact) mass is 354 g/mol. The first-order valence-corrected chi connectivity index (χ1v) is 9.06. The molecule has 3 aromatic rings. The van der Waals surface area contributed by atoms with Crippen LogP contribution in [0.1, 0.15) is 15.2 Å². The molecule has 2 heterocycles. The molecule has 0 aliphatic carbocycles. The van der Waals surface area contributed by atoms with E-state index < -0.39 is 0 Å². The molecule has 0 radical (unpaired) electrons. The van der Waals surface area contributed by atoms with E-state index in [2.05, 4.69) is 17.2 Å². The first kappa shape index (κ1) is 17.4. The molecular formula is C19H22N4OS. The van der Waals surface area contributed by atoms with Crippen LogP contribution in [0.2, 0.25) is 0 Å². The van der Waals surface area contributed by atoms with Gasteiger partial charge < -0.3 is 10.6 Å². The number of benzene rings is 1. The summed E-state index contributed by atoms with van der Waals surface area (Å²) in [5, 5.41) is 6.17. The Morgan fingerprint density at radius 3 is 2.72 bits per heavy atom. The summed E-state index contributed by atoms with van der Waals surface area (Å²) in [6, 6.07) is 14.0. The Morgan fingerprint density at radius 2 is 2.08 bits per heavy atom. The molecule has 5 nitrogen and oxygen atoms in total. The number of nitrogens with two attached hydrogens (primary N) is 1. The van der Waals surface area contributed by atoms with Gasteiger partial charge in [-0.25, -0.2) is 0 Å². The third kappa shape index (κ3) is 3.81. The molecule has 1 unspecified atom stereocenters. The van der Waals surface area contributed by atoms with Crippen molar-refractivity contribution in [3.05, 3.63) is 64.5 Å². The van der Waals surface area contributed by atoms with Gasteiger partial charge in [0.15, 0.2) is 0 Å². The van der Waals surface area contributed by atoms with Gasteiger partial charge in [0.2, 0.25) is 0 Å². The number of carbonyl (C=O) groups is 1. The lowest BCUT2D eigenvalue weighted by atomic mass is 10.0. The molecule has 0 aliphatic heterocycles. The minimum Gasteiger partial charge on any atom is -0.336 e. The van der Waals surface area contributed by atoms with Crippen LogP contribution < -0.4 is 5.73 Å². The number of aryl methyl sites for hydroxylation is 1. The summed E-state index contributed by atoms with van der Waals surface area (Å²) < 4.78 is 1.80. The Morgan fingerprint density at radius 1 is 1.32 bits per heavy atom. The number of hydrogen-bond donors (Lipinski definition) is 1. The summed E-state index contributed by atoms with van der Waals surface area (Å²) in [6.07, 6.45) is 2.50. The van der Waals surface area contributed by atoms with E-state index in [-0.39, 0.29) is 11.9 Å². The van der Waals surface area contributed by atoms with Crippen LogP contribution in [0.25, 0.3) is 11.3 Å². The van der Waals surface area contributed by atoms with Gasteiger partial charge in [-0.05, 0) is 24.1 Å². The van der Waals surface area contributed by atoms with Gasteiger partial charge in [0.25, 0.3) is 5.91 Å². The highest BCUT2D eigenvalue weighted by Crippen LogP contribution is 2.26. The molecule has 0 bridgehead atoms. The maximum Gasteiger partial charge on any atom is 0.263 e. The Balaban J connectivity index is 1.75. The topological polar surface area (TPSA) is 64.2 Å². The van der Waals surface area contributed by atoms with E-state index >= 15 is 0 Å². The molecule has 0 saturated carbocycles. The molecule has 0 fully saturated rings. The Kier molecular flexibility index (Phi) is 5.31. The van der Waals surface area contributed by atoms with Gasteiger partial charge in [-0.15, -0.1) is 11.3 Å². The number of hydrogen-bond acceptors (Lipinski definition) is 4.